The lowest BCUT2D eigenvalue weighted by atomic mass is 9.95. The first-order valence-corrected chi connectivity index (χ1v) is 13.7. The van der Waals surface area contributed by atoms with Gasteiger partial charge in [0, 0.05) is 16.3 Å². The van der Waals surface area contributed by atoms with E-state index in [-0.39, 0.29) is 40.1 Å². The van der Waals surface area contributed by atoms with Crippen LogP contribution in [0.2, 0.25) is 10.0 Å². The number of hydrogen-bond acceptors (Lipinski definition) is 6. The molecular weight excluding hydrogens is 564 g/mol. The quantitative estimate of drug-likeness (QED) is 0.308. The van der Waals surface area contributed by atoms with Gasteiger partial charge in [-0.3, -0.25) is 4.79 Å². The number of carbonyl (C=O) groups excluding carboxylic acids is 2. The Morgan fingerprint density at radius 3 is 2.61 bits per heavy atom. The highest BCUT2D eigenvalue weighted by Gasteiger charge is 2.48. The molecule has 202 valence electrons. The standard InChI is InChI=1S/C25H23Cl2F3N4O3S/c1-2-37-24(36)18-14-5-3-4-6-16(14)38-23(18)32-22(35)20-19(27)21-31-15(12-7-9-13(26)10-8-12)11-17(25(28,29)30)34(21)33-20/h7-10,15,17,31H,2-6,11H2,1H3,(H,32,35)/t15-,17+/m1/s1. The van der Waals surface area contributed by atoms with Crippen molar-refractivity contribution in [2.75, 3.05) is 17.2 Å². The number of anilines is 2. The van der Waals surface area contributed by atoms with Crippen molar-refractivity contribution < 1.29 is 27.5 Å². The van der Waals surface area contributed by atoms with Crippen molar-refractivity contribution in [3.8, 4) is 0 Å². The van der Waals surface area contributed by atoms with E-state index in [1.807, 2.05) is 0 Å². The molecule has 5 rings (SSSR count). The highest BCUT2D eigenvalue weighted by molar-refractivity contribution is 7.17. The highest BCUT2D eigenvalue weighted by Crippen LogP contribution is 2.46. The number of carbonyl (C=O) groups is 2. The molecule has 2 N–H and O–H groups in total. The van der Waals surface area contributed by atoms with Gasteiger partial charge in [0.25, 0.3) is 5.91 Å². The summed E-state index contributed by atoms with van der Waals surface area (Å²) in [4.78, 5) is 27.0. The second-order valence-electron chi connectivity index (χ2n) is 9.09. The maximum absolute atomic E-state index is 14.1. The van der Waals surface area contributed by atoms with Crippen molar-refractivity contribution >= 4 is 57.2 Å². The maximum atomic E-state index is 14.1. The lowest BCUT2D eigenvalue weighted by molar-refractivity contribution is -0.173. The zero-order valence-electron chi connectivity index (χ0n) is 20.1. The largest absolute Gasteiger partial charge is 0.462 e. The topological polar surface area (TPSA) is 85.2 Å². The van der Waals surface area contributed by atoms with E-state index in [9.17, 15) is 22.8 Å². The van der Waals surface area contributed by atoms with Crippen LogP contribution in [0, 0.1) is 0 Å². The molecule has 1 aliphatic heterocycles. The average molecular weight is 587 g/mol. The highest BCUT2D eigenvalue weighted by atomic mass is 35.5. The van der Waals surface area contributed by atoms with E-state index in [0.717, 1.165) is 34.4 Å². The molecule has 2 aromatic heterocycles. The van der Waals surface area contributed by atoms with Crippen LogP contribution in [0.25, 0.3) is 0 Å². The van der Waals surface area contributed by atoms with Gasteiger partial charge in [0.1, 0.15) is 15.8 Å². The van der Waals surface area contributed by atoms with Crippen LogP contribution < -0.4 is 10.6 Å². The number of aryl methyl sites for hydroxylation is 1. The first kappa shape index (κ1) is 26.8. The van der Waals surface area contributed by atoms with Crippen LogP contribution in [-0.2, 0) is 17.6 Å². The number of fused-ring (bicyclic) bond motifs is 2. The Labute approximate surface area is 230 Å². The third-order valence-corrected chi connectivity index (χ3v) is 8.48. The van der Waals surface area contributed by atoms with E-state index in [1.165, 1.54) is 11.3 Å². The summed E-state index contributed by atoms with van der Waals surface area (Å²) in [6, 6.07) is 3.70. The van der Waals surface area contributed by atoms with Gasteiger partial charge in [-0.15, -0.1) is 11.3 Å². The number of thiophene rings is 1. The van der Waals surface area contributed by atoms with Crippen LogP contribution >= 0.6 is 34.5 Å². The van der Waals surface area contributed by atoms with E-state index in [4.69, 9.17) is 27.9 Å². The predicted molar refractivity (Wildman–Crippen MR) is 140 cm³/mol. The van der Waals surface area contributed by atoms with Crippen molar-refractivity contribution in [2.24, 2.45) is 0 Å². The van der Waals surface area contributed by atoms with Gasteiger partial charge in [0.2, 0.25) is 0 Å². The maximum Gasteiger partial charge on any atom is 0.410 e. The number of aromatic nitrogens is 2. The average Bonchev–Trinajstić information content (AvgIpc) is 3.40. The smallest absolute Gasteiger partial charge is 0.410 e. The fourth-order valence-electron chi connectivity index (χ4n) is 4.88. The molecule has 0 saturated heterocycles. The van der Waals surface area contributed by atoms with Crippen LogP contribution in [0.1, 0.15) is 75.1 Å². The zero-order chi connectivity index (χ0) is 27.2. The Kier molecular flexibility index (Phi) is 7.36. The first-order valence-electron chi connectivity index (χ1n) is 12.1. The van der Waals surface area contributed by atoms with Gasteiger partial charge in [-0.25, -0.2) is 9.48 Å². The fraction of sp³-hybridized carbons (Fsp3) is 0.400. The molecule has 0 bridgehead atoms. The third kappa shape index (κ3) is 4.99. The van der Waals surface area contributed by atoms with E-state index in [1.54, 1.807) is 31.2 Å². The second-order valence-corrected chi connectivity index (χ2v) is 11.0. The van der Waals surface area contributed by atoms with Gasteiger partial charge in [-0.1, -0.05) is 35.3 Å². The van der Waals surface area contributed by atoms with Gasteiger partial charge in [-0.05, 0) is 55.9 Å². The van der Waals surface area contributed by atoms with Gasteiger partial charge < -0.3 is 15.4 Å². The number of benzene rings is 1. The Hall–Kier alpha value is -2.76. The van der Waals surface area contributed by atoms with Gasteiger partial charge in [-0.2, -0.15) is 18.3 Å². The molecule has 1 aliphatic carbocycles. The summed E-state index contributed by atoms with van der Waals surface area (Å²) >= 11 is 13.7. The first-order chi connectivity index (χ1) is 18.1. The molecule has 2 aliphatic rings. The lowest BCUT2D eigenvalue weighted by Gasteiger charge is -2.33. The molecule has 2 atom stereocenters. The number of nitrogens with one attached hydrogen (secondary N) is 2. The van der Waals surface area contributed by atoms with Crippen molar-refractivity contribution in [3.05, 3.63) is 61.6 Å². The molecule has 0 spiro atoms. The minimum Gasteiger partial charge on any atom is -0.462 e. The number of rotatable bonds is 5. The van der Waals surface area contributed by atoms with Crippen molar-refractivity contribution in [3.63, 3.8) is 0 Å². The number of nitrogens with zero attached hydrogens (tertiary/aromatic N) is 2. The van der Waals surface area contributed by atoms with Gasteiger partial charge >= 0.3 is 12.1 Å². The molecule has 0 fully saturated rings. The van der Waals surface area contributed by atoms with E-state index in [2.05, 4.69) is 15.7 Å². The third-order valence-electron chi connectivity index (χ3n) is 6.66. The molecule has 7 nitrogen and oxygen atoms in total. The lowest BCUT2D eigenvalue weighted by Crippen LogP contribution is -2.35. The summed E-state index contributed by atoms with van der Waals surface area (Å²) in [5, 5.41) is 10.2. The van der Waals surface area contributed by atoms with Crippen LogP contribution in [0.5, 0.6) is 0 Å². The zero-order valence-corrected chi connectivity index (χ0v) is 22.5. The molecule has 1 aromatic carbocycles. The number of esters is 1. The summed E-state index contributed by atoms with van der Waals surface area (Å²) in [7, 11) is 0. The van der Waals surface area contributed by atoms with E-state index >= 15 is 0 Å². The van der Waals surface area contributed by atoms with Gasteiger partial charge in [0.15, 0.2) is 11.7 Å². The Morgan fingerprint density at radius 2 is 1.92 bits per heavy atom. The molecule has 0 radical (unpaired) electrons. The summed E-state index contributed by atoms with van der Waals surface area (Å²) in [5.74, 6) is -1.48. The van der Waals surface area contributed by atoms with Crippen LogP contribution in [0.3, 0.4) is 0 Å². The minimum atomic E-state index is -4.64. The molecular formula is C25H23Cl2F3N4O3S. The van der Waals surface area contributed by atoms with Crippen LogP contribution in [-0.4, -0.2) is 34.4 Å². The van der Waals surface area contributed by atoms with E-state index in [0.29, 0.717) is 17.0 Å². The van der Waals surface area contributed by atoms with E-state index < -0.39 is 30.1 Å². The molecule has 3 aromatic rings. The number of hydrogen-bond donors (Lipinski definition) is 2. The summed E-state index contributed by atoms with van der Waals surface area (Å²) < 4.78 is 48.2. The Bertz CT molecular complexity index is 1390. The van der Waals surface area contributed by atoms with Crippen molar-refractivity contribution in [1.29, 1.82) is 0 Å². The number of ether oxygens (including phenoxy) is 1. The molecule has 3 heterocycles. The normalized spacial score (nSPS) is 18.8. The molecule has 0 unspecified atom stereocenters. The fourth-order valence-corrected chi connectivity index (χ4v) is 6.55. The minimum absolute atomic E-state index is 0.110. The number of amides is 1. The summed E-state index contributed by atoms with van der Waals surface area (Å²) in [6.45, 7) is 1.85. The Balaban J connectivity index is 1.49. The number of halogens is 5. The number of alkyl halides is 3. The molecule has 38 heavy (non-hydrogen) atoms. The summed E-state index contributed by atoms with van der Waals surface area (Å²) in [6.07, 6.45) is -1.69. The molecule has 13 heteroatoms. The van der Waals surface area contributed by atoms with Crippen molar-refractivity contribution in [1.82, 2.24) is 9.78 Å². The van der Waals surface area contributed by atoms with Gasteiger partial charge in [0.05, 0.1) is 18.2 Å². The monoisotopic (exact) mass is 586 g/mol. The Morgan fingerprint density at radius 1 is 1.21 bits per heavy atom. The SMILES string of the molecule is CCOC(=O)c1c(NC(=O)c2nn3c(c2Cl)N[C@@H](c2ccc(Cl)cc2)C[C@H]3C(F)(F)F)sc2c1CCCC2. The summed E-state index contributed by atoms with van der Waals surface area (Å²) in [5.41, 5.74) is 1.34. The van der Waals surface area contributed by atoms with Crippen LogP contribution in [0.15, 0.2) is 24.3 Å². The molecule has 1 amide bonds. The van der Waals surface area contributed by atoms with Crippen LogP contribution in [0.4, 0.5) is 24.0 Å². The molecule has 0 saturated carbocycles. The second kappa shape index (κ2) is 10.4. The van der Waals surface area contributed by atoms with Crippen molar-refractivity contribution in [2.45, 2.75) is 57.3 Å². The predicted octanol–water partition coefficient (Wildman–Crippen LogP) is 7.22.